The first-order chi connectivity index (χ1) is 5.40. The summed E-state index contributed by atoms with van der Waals surface area (Å²) in [6.07, 6.45) is 0.783. The minimum atomic E-state index is -0.683. The van der Waals surface area contributed by atoms with Gasteiger partial charge < -0.3 is 9.84 Å². The van der Waals surface area contributed by atoms with E-state index in [1.165, 1.54) is 0 Å². The summed E-state index contributed by atoms with van der Waals surface area (Å²) in [5.41, 5.74) is -0.147. The van der Waals surface area contributed by atoms with E-state index in [1.807, 2.05) is 20.8 Å². The molecule has 0 heterocycles. The summed E-state index contributed by atoms with van der Waals surface area (Å²) in [6.45, 7) is 6.52. The van der Waals surface area contributed by atoms with Crippen LogP contribution in [0.4, 0.5) is 0 Å². The topological polar surface area (TPSA) is 46.5 Å². The van der Waals surface area contributed by atoms with E-state index in [9.17, 15) is 4.79 Å². The molecule has 0 aliphatic heterocycles. The average molecular weight is 172 g/mol. The number of hydrogen-bond acceptors (Lipinski definition) is 2. The van der Waals surface area contributed by atoms with Gasteiger partial charge in [-0.3, -0.25) is 4.79 Å². The summed E-state index contributed by atoms with van der Waals surface area (Å²) in [7, 11) is 0. The van der Waals surface area contributed by atoms with Gasteiger partial charge in [-0.2, -0.15) is 0 Å². The van der Waals surface area contributed by atoms with Crippen LogP contribution in [0.1, 0.15) is 27.2 Å². The lowest BCUT2D eigenvalue weighted by atomic mass is 10.2. The second-order valence-electron chi connectivity index (χ2n) is 4.36. The van der Waals surface area contributed by atoms with Crippen LogP contribution in [0.5, 0.6) is 0 Å². The van der Waals surface area contributed by atoms with Crippen LogP contribution in [-0.2, 0) is 9.53 Å². The third-order valence-corrected chi connectivity index (χ3v) is 1.97. The van der Waals surface area contributed by atoms with Gasteiger partial charge in [-0.25, -0.2) is 0 Å². The van der Waals surface area contributed by atoms with E-state index in [0.29, 0.717) is 6.61 Å². The molecular formula is C9H16O3. The molecule has 70 valence electrons. The highest BCUT2D eigenvalue weighted by atomic mass is 16.5. The maximum absolute atomic E-state index is 10.4. The zero-order valence-corrected chi connectivity index (χ0v) is 7.83. The molecule has 3 nitrogen and oxygen atoms in total. The molecule has 2 unspecified atom stereocenters. The van der Waals surface area contributed by atoms with Crippen LogP contribution in [0.15, 0.2) is 0 Å². The molecule has 0 amide bonds. The van der Waals surface area contributed by atoms with Gasteiger partial charge in [0.1, 0.15) is 0 Å². The summed E-state index contributed by atoms with van der Waals surface area (Å²) in [6, 6.07) is 0. The molecule has 3 heteroatoms. The third kappa shape index (κ3) is 2.81. The fourth-order valence-corrected chi connectivity index (χ4v) is 1.09. The van der Waals surface area contributed by atoms with Crippen molar-refractivity contribution in [2.45, 2.75) is 32.8 Å². The Hall–Kier alpha value is -0.570. The Bertz CT molecular complexity index is 181. The van der Waals surface area contributed by atoms with Crippen LogP contribution in [-0.4, -0.2) is 23.3 Å². The molecule has 1 aliphatic carbocycles. The molecule has 0 spiro atoms. The van der Waals surface area contributed by atoms with E-state index >= 15 is 0 Å². The lowest BCUT2D eigenvalue weighted by Crippen LogP contribution is -2.21. The zero-order chi connectivity index (χ0) is 9.35. The van der Waals surface area contributed by atoms with Gasteiger partial charge in [-0.05, 0) is 33.1 Å². The van der Waals surface area contributed by atoms with Crippen molar-refractivity contribution in [1.82, 2.24) is 0 Å². The SMILES string of the molecule is CC(C)(C)OCC1CC1C(=O)O. The Morgan fingerprint density at radius 2 is 2.17 bits per heavy atom. The molecule has 0 aromatic rings. The molecule has 1 N–H and O–H groups in total. The van der Waals surface area contributed by atoms with Crippen molar-refractivity contribution in [3.63, 3.8) is 0 Å². The number of hydrogen-bond donors (Lipinski definition) is 1. The number of ether oxygens (including phenoxy) is 1. The fourth-order valence-electron chi connectivity index (χ4n) is 1.09. The predicted octanol–water partition coefficient (Wildman–Crippen LogP) is 1.52. The summed E-state index contributed by atoms with van der Waals surface area (Å²) in [5, 5.41) is 8.60. The summed E-state index contributed by atoms with van der Waals surface area (Å²) in [4.78, 5) is 10.4. The first-order valence-electron chi connectivity index (χ1n) is 4.27. The molecule has 1 aliphatic rings. The highest BCUT2D eigenvalue weighted by Gasteiger charge is 2.43. The number of rotatable bonds is 3. The number of carboxylic acid groups (broad SMARTS) is 1. The van der Waals surface area contributed by atoms with Gasteiger partial charge in [0.25, 0.3) is 0 Å². The van der Waals surface area contributed by atoms with E-state index in [4.69, 9.17) is 9.84 Å². The van der Waals surface area contributed by atoms with Crippen molar-refractivity contribution < 1.29 is 14.6 Å². The molecule has 0 saturated heterocycles. The Morgan fingerprint density at radius 1 is 1.58 bits per heavy atom. The smallest absolute Gasteiger partial charge is 0.306 e. The van der Waals surface area contributed by atoms with E-state index in [1.54, 1.807) is 0 Å². The van der Waals surface area contributed by atoms with Crippen molar-refractivity contribution in [1.29, 1.82) is 0 Å². The van der Waals surface area contributed by atoms with Crippen molar-refractivity contribution in [2.75, 3.05) is 6.61 Å². The van der Waals surface area contributed by atoms with Gasteiger partial charge >= 0.3 is 5.97 Å². The number of aliphatic carboxylic acids is 1. The third-order valence-electron chi connectivity index (χ3n) is 1.97. The van der Waals surface area contributed by atoms with Crippen LogP contribution in [0, 0.1) is 11.8 Å². The first-order valence-corrected chi connectivity index (χ1v) is 4.27. The summed E-state index contributed by atoms with van der Waals surface area (Å²) < 4.78 is 5.47. The van der Waals surface area contributed by atoms with Gasteiger partial charge in [0.15, 0.2) is 0 Å². The lowest BCUT2D eigenvalue weighted by molar-refractivity contribution is -0.139. The largest absolute Gasteiger partial charge is 0.481 e. The molecular weight excluding hydrogens is 156 g/mol. The van der Waals surface area contributed by atoms with E-state index < -0.39 is 5.97 Å². The Kier molecular flexibility index (Phi) is 2.42. The maximum atomic E-state index is 10.4. The maximum Gasteiger partial charge on any atom is 0.306 e. The van der Waals surface area contributed by atoms with Crippen LogP contribution in [0.25, 0.3) is 0 Å². The molecule has 2 atom stereocenters. The lowest BCUT2D eigenvalue weighted by Gasteiger charge is -2.19. The van der Waals surface area contributed by atoms with Gasteiger partial charge in [0, 0.05) is 0 Å². The molecule has 0 radical (unpaired) electrons. The van der Waals surface area contributed by atoms with Crippen molar-refractivity contribution in [2.24, 2.45) is 11.8 Å². The first kappa shape index (κ1) is 9.52. The average Bonchev–Trinajstić information content (AvgIpc) is 2.59. The van der Waals surface area contributed by atoms with Crippen LogP contribution >= 0.6 is 0 Å². The van der Waals surface area contributed by atoms with Crippen LogP contribution in [0.3, 0.4) is 0 Å². The standard InChI is InChI=1S/C9H16O3/c1-9(2,3)12-5-6-4-7(6)8(10)11/h6-7H,4-5H2,1-3H3,(H,10,11). The minimum absolute atomic E-state index is 0.146. The molecule has 1 rings (SSSR count). The van der Waals surface area contributed by atoms with Gasteiger partial charge in [-0.15, -0.1) is 0 Å². The summed E-state index contributed by atoms with van der Waals surface area (Å²) in [5.74, 6) is -0.577. The normalized spacial score (nSPS) is 28.6. The van der Waals surface area contributed by atoms with Crippen molar-refractivity contribution >= 4 is 5.97 Å². The van der Waals surface area contributed by atoms with E-state index in [0.717, 1.165) is 6.42 Å². The van der Waals surface area contributed by atoms with Gasteiger partial charge in [0.2, 0.25) is 0 Å². The Labute approximate surface area is 72.7 Å². The predicted molar refractivity (Wildman–Crippen MR) is 44.9 cm³/mol. The van der Waals surface area contributed by atoms with E-state index in [-0.39, 0.29) is 17.4 Å². The monoisotopic (exact) mass is 172 g/mol. The Balaban J connectivity index is 2.16. The number of carboxylic acids is 1. The molecule has 0 bridgehead atoms. The molecule has 1 fully saturated rings. The molecule has 12 heavy (non-hydrogen) atoms. The quantitative estimate of drug-likeness (QED) is 0.702. The van der Waals surface area contributed by atoms with Crippen LogP contribution in [0.2, 0.25) is 0 Å². The van der Waals surface area contributed by atoms with Crippen molar-refractivity contribution in [3.8, 4) is 0 Å². The van der Waals surface area contributed by atoms with Gasteiger partial charge in [0.05, 0.1) is 18.1 Å². The zero-order valence-electron chi connectivity index (χ0n) is 7.83. The molecule has 0 aromatic carbocycles. The highest BCUT2D eigenvalue weighted by molar-refractivity contribution is 5.73. The van der Waals surface area contributed by atoms with E-state index in [2.05, 4.69) is 0 Å². The van der Waals surface area contributed by atoms with Gasteiger partial charge in [-0.1, -0.05) is 0 Å². The highest BCUT2D eigenvalue weighted by Crippen LogP contribution is 2.39. The van der Waals surface area contributed by atoms with Crippen molar-refractivity contribution in [3.05, 3.63) is 0 Å². The second kappa shape index (κ2) is 3.05. The molecule has 0 aromatic heterocycles. The number of carbonyl (C=O) groups is 1. The fraction of sp³-hybridized carbons (Fsp3) is 0.889. The minimum Gasteiger partial charge on any atom is -0.481 e. The van der Waals surface area contributed by atoms with Crippen LogP contribution < -0.4 is 0 Å². The summed E-state index contributed by atoms with van der Waals surface area (Å²) >= 11 is 0. The second-order valence-corrected chi connectivity index (χ2v) is 4.36. The Morgan fingerprint density at radius 3 is 2.50 bits per heavy atom. The molecule has 1 saturated carbocycles.